The fraction of sp³-hybridized carbons (Fsp3) is 0.750. The van der Waals surface area contributed by atoms with Gasteiger partial charge in [0.25, 0.3) is 0 Å². The van der Waals surface area contributed by atoms with Crippen molar-refractivity contribution >= 4 is 11.9 Å². The first-order valence-corrected chi connectivity index (χ1v) is 4.52. The van der Waals surface area contributed by atoms with E-state index in [0.29, 0.717) is 0 Å². The number of carboxylic acid groups (broad SMARTS) is 1. The third-order valence-corrected chi connectivity index (χ3v) is 1.64. The lowest BCUT2D eigenvalue weighted by atomic mass is 10.2. The zero-order valence-corrected chi connectivity index (χ0v) is 8.46. The van der Waals surface area contributed by atoms with Gasteiger partial charge in [0.15, 0.2) is 0 Å². The first-order chi connectivity index (χ1) is 7.26. The van der Waals surface area contributed by atoms with Crippen LogP contribution >= 0.6 is 0 Å². The summed E-state index contributed by atoms with van der Waals surface area (Å²) in [6.45, 7) is -2.34. The quantitative estimate of drug-likeness (QED) is 0.697. The molecule has 1 amide bonds. The fourth-order valence-corrected chi connectivity index (χ4v) is 1.02. The number of hydrogen-bond acceptors (Lipinski definition) is 3. The van der Waals surface area contributed by atoms with E-state index in [2.05, 4.69) is 0 Å². The summed E-state index contributed by atoms with van der Waals surface area (Å²) >= 11 is 0. The summed E-state index contributed by atoms with van der Waals surface area (Å²) in [5, 5.41) is 8.37. The van der Waals surface area contributed by atoms with E-state index in [9.17, 15) is 22.8 Å². The van der Waals surface area contributed by atoms with Crippen molar-refractivity contribution in [2.45, 2.75) is 19.0 Å². The molecule has 0 radical (unpaired) electrons. The highest BCUT2D eigenvalue weighted by Crippen LogP contribution is 2.17. The number of halogens is 3. The third-order valence-electron chi connectivity index (χ3n) is 1.64. The van der Waals surface area contributed by atoms with E-state index in [-0.39, 0.29) is 24.3 Å². The van der Waals surface area contributed by atoms with Crippen LogP contribution in [0.4, 0.5) is 13.2 Å². The maximum absolute atomic E-state index is 12.0. The second-order valence-corrected chi connectivity index (χ2v) is 3.15. The molecule has 0 fully saturated rings. The molecule has 16 heavy (non-hydrogen) atoms. The molecule has 0 saturated heterocycles. The highest BCUT2D eigenvalue weighted by molar-refractivity contribution is 5.81. The molecule has 0 heterocycles. The number of nitrogens with two attached hydrogens (primary N) is 1. The summed E-state index contributed by atoms with van der Waals surface area (Å²) in [4.78, 5) is 21.8. The highest BCUT2D eigenvalue weighted by atomic mass is 19.4. The summed E-state index contributed by atoms with van der Waals surface area (Å²) in [5.74, 6) is -2.34. The number of carbonyl (C=O) groups is 2. The van der Waals surface area contributed by atoms with Gasteiger partial charge in [0.1, 0.15) is 13.1 Å². The number of carboxylic acids is 1. The molecule has 0 aromatic carbocycles. The van der Waals surface area contributed by atoms with E-state index in [1.807, 2.05) is 0 Å². The molecule has 0 aliphatic rings. The minimum atomic E-state index is -4.60. The molecular weight excluding hydrogens is 229 g/mol. The molecule has 0 aliphatic carbocycles. The average Bonchev–Trinajstić information content (AvgIpc) is 2.10. The van der Waals surface area contributed by atoms with Gasteiger partial charge in [0, 0.05) is 6.42 Å². The van der Waals surface area contributed by atoms with Crippen LogP contribution in [0.3, 0.4) is 0 Å². The van der Waals surface area contributed by atoms with E-state index in [1.165, 1.54) is 0 Å². The van der Waals surface area contributed by atoms with Crippen molar-refractivity contribution in [1.82, 2.24) is 4.90 Å². The Morgan fingerprint density at radius 2 is 1.88 bits per heavy atom. The standard InChI is InChI=1S/C8H13F3N2O3/c9-8(10,11)5-13(4-7(15)16)6(14)2-1-3-12/h1-5,12H2,(H,15,16). The zero-order valence-electron chi connectivity index (χ0n) is 8.46. The summed E-state index contributed by atoms with van der Waals surface area (Å²) in [7, 11) is 0. The van der Waals surface area contributed by atoms with Crippen LogP contribution in [-0.2, 0) is 9.59 Å². The number of amides is 1. The minimum Gasteiger partial charge on any atom is -0.480 e. The van der Waals surface area contributed by atoms with Gasteiger partial charge in [0.05, 0.1) is 0 Å². The van der Waals surface area contributed by atoms with Gasteiger partial charge in [0.2, 0.25) is 5.91 Å². The maximum atomic E-state index is 12.0. The number of hydrogen-bond donors (Lipinski definition) is 2. The molecule has 3 N–H and O–H groups in total. The van der Waals surface area contributed by atoms with Gasteiger partial charge in [-0.25, -0.2) is 0 Å². The summed E-state index contributed by atoms with van der Waals surface area (Å²) in [5.41, 5.74) is 5.10. The molecule has 0 atom stereocenters. The molecule has 5 nitrogen and oxygen atoms in total. The molecule has 0 bridgehead atoms. The minimum absolute atomic E-state index is 0.165. The molecule has 8 heteroatoms. The lowest BCUT2D eigenvalue weighted by Crippen LogP contribution is -2.42. The Morgan fingerprint density at radius 1 is 1.31 bits per heavy atom. The predicted molar refractivity (Wildman–Crippen MR) is 48.6 cm³/mol. The number of alkyl halides is 3. The third kappa shape index (κ3) is 7.04. The maximum Gasteiger partial charge on any atom is 0.406 e. The Morgan fingerprint density at radius 3 is 2.25 bits per heavy atom. The Bertz CT molecular complexity index is 255. The number of nitrogens with zero attached hydrogens (tertiary/aromatic N) is 1. The van der Waals surface area contributed by atoms with Crippen molar-refractivity contribution in [3.05, 3.63) is 0 Å². The van der Waals surface area contributed by atoms with Crippen LogP contribution in [0, 0.1) is 0 Å². The van der Waals surface area contributed by atoms with Crippen LogP contribution in [0.15, 0.2) is 0 Å². The van der Waals surface area contributed by atoms with Crippen molar-refractivity contribution in [3.63, 3.8) is 0 Å². The van der Waals surface area contributed by atoms with Gasteiger partial charge in [-0.05, 0) is 13.0 Å². The number of aliphatic carboxylic acids is 1. The van der Waals surface area contributed by atoms with Crippen LogP contribution in [0.2, 0.25) is 0 Å². The summed E-state index contributed by atoms with van der Waals surface area (Å²) < 4.78 is 36.1. The zero-order chi connectivity index (χ0) is 12.8. The van der Waals surface area contributed by atoms with Gasteiger partial charge < -0.3 is 15.7 Å². The largest absolute Gasteiger partial charge is 0.480 e. The Balaban J connectivity index is 4.41. The molecular formula is C8H13F3N2O3. The van der Waals surface area contributed by atoms with Crippen molar-refractivity contribution in [1.29, 1.82) is 0 Å². The predicted octanol–water partition coefficient (Wildman–Crippen LogP) is 0.201. The van der Waals surface area contributed by atoms with Crippen LogP contribution in [0.5, 0.6) is 0 Å². The average molecular weight is 242 g/mol. The van der Waals surface area contributed by atoms with Gasteiger partial charge in [-0.2, -0.15) is 13.2 Å². The van der Waals surface area contributed by atoms with Gasteiger partial charge in [-0.1, -0.05) is 0 Å². The summed E-state index contributed by atoms with van der Waals surface area (Å²) in [6.07, 6.45) is -4.56. The topological polar surface area (TPSA) is 83.6 Å². The van der Waals surface area contributed by atoms with E-state index in [1.54, 1.807) is 0 Å². The number of carbonyl (C=O) groups excluding carboxylic acids is 1. The monoisotopic (exact) mass is 242 g/mol. The van der Waals surface area contributed by atoms with Crippen LogP contribution in [0.25, 0.3) is 0 Å². The van der Waals surface area contributed by atoms with E-state index in [4.69, 9.17) is 10.8 Å². The molecule has 0 aromatic heterocycles. The van der Waals surface area contributed by atoms with E-state index >= 15 is 0 Å². The Labute approximate surface area is 90.0 Å². The highest BCUT2D eigenvalue weighted by Gasteiger charge is 2.33. The smallest absolute Gasteiger partial charge is 0.406 e. The van der Waals surface area contributed by atoms with E-state index < -0.39 is 31.1 Å². The second-order valence-electron chi connectivity index (χ2n) is 3.15. The second kappa shape index (κ2) is 6.31. The van der Waals surface area contributed by atoms with Crippen molar-refractivity contribution in [2.24, 2.45) is 5.73 Å². The normalized spacial score (nSPS) is 11.2. The molecule has 0 unspecified atom stereocenters. The first-order valence-electron chi connectivity index (χ1n) is 4.52. The molecule has 0 spiro atoms. The molecule has 0 rings (SSSR count). The van der Waals surface area contributed by atoms with Gasteiger partial charge in [-0.15, -0.1) is 0 Å². The molecule has 0 saturated carbocycles. The fourth-order valence-electron chi connectivity index (χ4n) is 1.02. The lowest BCUT2D eigenvalue weighted by molar-refractivity contribution is -0.165. The van der Waals surface area contributed by atoms with Gasteiger partial charge >= 0.3 is 12.1 Å². The Hall–Kier alpha value is -1.31. The van der Waals surface area contributed by atoms with Crippen LogP contribution in [0.1, 0.15) is 12.8 Å². The molecule has 0 aromatic rings. The van der Waals surface area contributed by atoms with Gasteiger partial charge in [-0.3, -0.25) is 9.59 Å². The Kier molecular flexibility index (Phi) is 5.79. The van der Waals surface area contributed by atoms with E-state index in [0.717, 1.165) is 0 Å². The van der Waals surface area contributed by atoms with Crippen molar-refractivity contribution in [3.8, 4) is 0 Å². The first kappa shape index (κ1) is 14.7. The number of rotatable bonds is 6. The van der Waals surface area contributed by atoms with Crippen molar-refractivity contribution < 1.29 is 27.9 Å². The summed E-state index contributed by atoms with van der Waals surface area (Å²) in [6, 6.07) is 0. The van der Waals surface area contributed by atoms with Crippen LogP contribution < -0.4 is 5.73 Å². The SMILES string of the molecule is NCCCC(=O)N(CC(=O)O)CC(F)(F)F. The molecule has 0 aliphatic heterocycles. The van der Waals surface area contributed by atoms with Crippen molar-refractivity contribution in [2.75, 3.05) is 19.6 Å². The van der Waals surface area contributed by atoms with Crippen LogP contribution in [-0.4, -0.2) is 47.7 Å². The lowest BCUT2D eigenvalue weighted by Gasteiger charge is -2.21. The molecule has 94 valence electrons.